The van der Waals surface area contributed by atoms with E-state index in [9.17, 15) is 14.1 Å². The standard InChI is InChI=1S/C31H26F2N4O4S2.H2O/c1-41-21-4-2-3-18(12-21)23-14-20(8-10-25(23)32)29-24(13-19-7-9-22(43(34)40)15-26(19)33)27(11-17-5-6-17)36-37(29)31-35-28(16-42-31)30(38)39;/h2-4,7-10,12,14-17H,5-6,11,13H2,1H3,(H2,34,40)(H,38,39);1H2. The van der Waals surface area contributed by atoms with Crippen LogP contribution in [0, 0.1) is 17.6 Å². The van der Waals surface area contributed by atoms with Gasteiger partial charge in [-0.3, -0.25) is 0 Å². The molecule has 228 valence electrons. The molecule has 6 rings (SSSR count). The van der Waals surface area contributed by atoms with E-state index in [1.165, 1.54) is 24.6 Å². The molecule has 0 bridgehead atoms. The van der Waals surface area contributed by atoms with Gasteiger partial charge >= 0.3 is 5.97 Å². The lowest BCUT2D eigenvalue weighted by Crippen LogP contribution is -2.04. The number of nitrogens with two attached hydrogens (primary N) is 1. The number of carbonyl (C=O) groups is 1. The summed E-state index contributed by atoms with van der Waals surface area (Å²) in [6.07, 6.45) is 2.87. The van der Waals surface area contributed by atoms with Gasteiger partial charge in [0.1, 0.15) is 17.4 Å². The number of carboxylic acid groups (broad SMARTS) is 1. The number of methoxy groups -OCH3 is 1. The van der Waals surface area contributed by atoms with Crippen molar-refractivity contribution in [3.63, 3.8) is 0 Å². The first-order valence-electron chi connectivity index (χ1n) is 13.5. The maximum atomic E-state index is 15.3. The van der Waals surface area contributed by atoms with Crippen LogP contribution in [-0.2, 0) is 28.0 Å². The van der Waals surface area contributed by atoms with E-state index in [1.807, 2.05) is 0 Å². The summed E-state index contributed by atoms with van der Waals surface area (Å²) in [5, 5.41) is 21.7. The van der Waals surface area contributed by atoms with Crippen molar-refractivity contribution >= 4 is 28.3 Å². The summed E-state index contributed by atoms with van der Waals surface area (Å²) >= 11 is 1.12. The van der Waals surface area contributed by atoms with Gasteiger partial charge in [0.25, 0.3) is 0 Å². The van der Waals surface area contributed by atoms with Crippen LogP contribution < -0.4 is 9.88 Å². The van der Waals surface area contributed by atoms with Gasteiger partial charge < -0.3 is 15.3 Å². The molecule has 1 aliphatic rings. The highest BCUT2D eigenvalue weighted by atomic mass is 32.2. The molecule has 1 saturated carbocycles. The van der Waals surface area contributed by atoms with Crippen molar-refractivity contribution in [3.05, 3.63) is 100 Å². The Bertz CT molecular complexity index is 1890. The van der Waals surface area contributed by atoms with Gasteiger partial charge in [-0.05, 0) is 72.7 Å². The Labute approximate surface area is 257 Å². The largest absolute Gasteiger partial charge is 0.870 e. The van der Waals surface area contributed by atoms with Crippen LogP contribution in [0.15, 0.2) is 70.9 Å². The molecular formula is C31H28F2N4O5S2. The van der Waals surface area contributed by atoms with Gasteiger partial charge in [0.2, 0.25) is 5.13 Å². The van der Waals surface area contributed by atoms with Gasteiger partial charge in [-0.25, -0.2) is 23.2 Å². The summed E-state index contributed by atoms with van der Waals surface area (Å²) in [7, 11) is -0.667. The number of aromatic carboxylic acids is 1. The van der Waals surface area contributed by atoms with Crippen molar-refractivity contribution in [2.75, 3.05) is 7.11 Å². The normalized spacial score (nSPS) is 13.4. The molecule has 1 fully saturated rings. The third-order valence-corrected chi connectivity index (χ3v) is 9.02. The molecule has 1 aliphatic carbocycles. The van der Waals surface area contributed by atoms with Gasteiger partial charge in [0.15, 0.2) is 21.6 Å². The minimum Gasteiger partial charge on any atom is -0.870 e. The molecule has 0 amide bonds. The average Bonchev–Trinajstić information content (AvgIpc) is 3.54. The first kappa shape index (κ1) is 31.1. The van der Waals surface area contributed by atoms with Crippen LogP contribution >= 0.6 is 11.3 Å². The van der Waals surface area contributed by atoms with E-state index in [0.717, 1.165) is 29.9 Å². The number of carboxylic acids is 1. The second kappa shape index (κ2) is 12.7. The number of rotatable bonds is 10. The quantitative estimate of drug-likeness (QED) is 0.142. The van der Waals surface area contributed by atoms with E-state index < -0.39 is 28.6 Å². The van der Waals surface area contributed by atoms with Crippen LogP contribution in [0.4, 0.5) is 8.78 Å². The number of halogens is 2. The fraction of sp³-hybridized carbons (Fsp3) is 0.194. The Hall–Kier alpha value is -4.30. The second-order valence-electron chi connectivity index (χ2n) is 10.4. The molecule has 0 aliphatic heterocycles. The summed E-state index contributed by atoms with van der Waals surface area (Å²) in [5.41, 5.74) is 3.74. The lowest BCUT2D eigenvalue weighted by atomic mass is 9.94. The fourth-order valence-corrected chi connectivity index (χ4v) is 6.24. The molecule has 1 atom stereocenters. The number of ether oxygens (including phenoxy) is 1. The maximum absolute atomic E-state index is 15.3. The molecule has 2 heterocycles. The van der Waals surface area contributed by atoms with Crippen LogP contribution in [0.3, 0.4) is 0 Å². The second-order valence-corrected chi connectivity index (χ2v) is 12.4. The first-order chi connectivity index (χ1) is 20.7. The monoisotopic (exact) mass is 638 g/mol. The Morgan fingerprint density at radius 1 is 1.11 bits per heavy atom. The number of aromatic nitrogens is 3. The zero-order valence-corrected chi connectivity index (χ0v) is 25.1. The third-order valence-electron chi connectivity index (χ3n) is 7.42. The third kappa shape index (κ3) is 6.31. The molecule has 5 aromatic rings. The van der Waals surface area contributed by atoms with Crippen molar-refractivity contribution in [1.29, 1.82) is 0 Å². The minimum atomic E-state index is -2.20. The molecule has 44 heavy (non-hydrogen) atoms. The van der Waals surface area contributed by atoms with E-state index in [-0.39, 0.29) is 22.5 Å². The predicted octanol–water partition coefficient (Wildman–Crippen LogP) is 5.94. The molecule has 3 aromatic carbocycles. The molecule has 0 saturated heterocycles. The van der Waals surface area contributed by atoms with E-state index in [0.29, 0.717) is 56.7 Å². The Morgan fingerprint density at radius 2 is 1.91 bits per heavy atom. The zero-order valence-electron chi connectivity index (χ0n) is 23.4. The molecule has 13 heteroatoms. The molecule has 0 radical (unpaired) electrons. The first-order valence-corrected chi connectivity index (χ1v) is 15.7. The number of thiazole rings is 1. The van der Waals surface area contributed by atoms with Crippen molar-refractivity contribution < 1.29 is 33.1 Å². The summed E-state index contributed by atoms with van der Waals surface area (Å²) in [6.45, 7) is 0. The van der Waals surface area contributed by atoms with Gasteiger partial charge in [-0.2, -0.15) is 5.10 Å². The van der Waals surface area contributed by atoms with Gasteiger partial charge in [-0.1, -0.05) is 22.4 Å². The van der Waals surface area contributed by atoms with E-state index in [2.05, 4.69) is 4.98 Å². The predicted molar refractivity (Wildman–Crippen MR) is 163 cm³/mol. The van der Waals surface area contributed by atoms with Crippen LogP contribution in [0.2, 0.25) is 0 Å². The molecule has 9 nitrogen and oxygen atoms in total. The van der Waals surface area contributed by atoms with E-state index in [4.69, 9.17) is 15.0 Å². The summed E-state index contributed by atoms with van der Waals surface area (Å²) in [4.78, 5) is 16.2. The van der Waals surface area contributed by atoms with Gasteiger partial charge in [0.05, 0.1) is 18.5 Å². The number of thiol groups is 1. The van der Waals surface area contributed by atoms with Crippen LogP contribution in [-0.4, -0.2) is 38.4 Å². The van der Waals surface area contributed by atoms with Gasteiger partial charge in [-0.15, -0.1) is 16.5 Å². The van der Waals surface area contributed by atoms with Gasteiger partial charge in [0, 0.05) is 34.6 Å². The zero-order chi connectivity index (χ0) is 30.2. The molecular weight excluding hydrogens is 610 g/mol. The number of nitrogens with zero attached hydrogens (tertiary/aromatic N) is 3. The SMILES string of the molecule is COc1cccc(-c2cc(-c3c(Cc4ccc([SH+](N)=O)cc4F)c(CC4CC4)nn3-c3nc(C(=O)O)cs3)ccc2F)c1.[OH-]. The van der Waals surface area contributed by atoms with Crippen molar-refractivity contribution in [2.45, 2.75) is 30.6 Å². The lowest BCUT2D eigenvalue weighted by Gasteiger charge is -2.13. The highest BCUT2D eigenvalue weighted by Gasteiger charge is 2.29. The smallest absolute Gasteiger partial charge is 0.355 e. The number of hydrogen-bond donors (Lipinski definition) is 2. The van der Waals surface area contributed by atoms with Crippen LogP contribution in [0.25, 0.3) is 27.5 Å². The van der Waals surface area contributed by atoms with Crippen molar-refractivity contribution in [2.24, 2.45) is 11.1 Å². The van der Waals surface area contributed by atoms with Crippen molar-refractivity contribution in [3.8, 4) is 33.3 Å². The Balaban J connectivity index is 0.00000384. The summed E-state index contributed by atoms with van der Waals surface area (Å²) in [5.74, 6) is -1.17. The Kier molecular flexibility index (Phi) is 9.02. The van der Waals surface area contributed by atoms with Crippen LogP contribution in [0.5, 0.6) is 5.75 Å². The van der Waals surface area contributed by atoms with E-state index in [1.54, 1.807) is 53.2 Å². The lowest BCUT2D eigenvalue weighted by molar-refractivity contribution is 0.0691. The maximum Gasteiger partial charge on any atom is 0.355 e. The molecule has 2 aromatic heterocycles. The highest BCUT2D eigenvalue weighted by molar-refractivity contribution is 7.82. The Morgan fingerprint density at radius 3 is 2.57 bits per heavy atom. The minimum absolute atomic E-state index is 0. The van der Waals surface area contributed by atoms with E-state index >= 15 is 8.78 Å². The average molecular weight is 639 g/mol. The summed E-state index contributed by atoms with van der Waals surface area (Å²) in [6, 6.07) is 16.0. The van der Waals surface area contributed by atoms with Crippen LogP contribution in [0.1, 0.15) is 40.2 Å². The summed E-state index contributed by atoms with van der Waals surface area (Å²) < 4.78 is 49.3. The highest BCUT2D eigenvalue weighted by Crippen LogP contribution is 2.39. The molecule has 0 spiro atoms. The molecule has 4 N–H and O–H groups in total. The molecule has 1 unspecified atom stereocenters. The topological polar surface area (TPSA) is 150 Å². The number of hydrogen-bond acceptors (Lipinski definition) is 7. The van der Waals surface area contributed by atoms with Crippen molar-refractivity contribution in [1.82, 2.24) is 14.8 Å². The fourth-order valence-electron chi connectivity index (χ4n) is 5.03. The number of benzene rings is 3.